The molecule has 24 heavy (non-hydrogen) atoms. The van der Waals surface area contributed by atoms with Gasteiger partial charge in [0.15, 0.2) is 0 Å². The number of nitrogens with zero attached hydrogens (tertiary/aromatic N) is 1. The van der Waals surface area contributed by atoms with Crippen LogP contribution in [0.5, 0.6) is 0 Å². The van der Waals surface area contributed by atoms with Gasteiger partial charge in [-0.2, -0.15) is 5.26 Å². The average Bonchev–Trinajstić information content (AvgIpc) is 2.78. The van der Waals surface area contributed by atoms with Crippen LogP contribution in [-0.4, -0.2) is 25.5 Å². The molecule has 4 heteroatoms. The van der Waals surface area contributed by atoms with Gasteiger partial charge in [0.05, 0.1) is 12.0 Å². The fourth-order valence-electron chi connectivity index (χ4n) is 2.72. The highest BCUT2D eigenvalue weighted by molar-refractivity contribution is 5.80. The van der Waals surface area contributed by atoms with Gasteiger partial charge in [0, 0.05) is 23.6 Å². The van der Waals surface area contributed by atoms with E-state index >= 15 is 0 Å². The molecule has 1 aliphatic carbocycles. The number of nitriles is 1. The van der Waals surface area contributed by atoms with Crippen molar-refractivity contribution in [3.63, 3.8) is 0 Å². The monoisotopic (exact) mass is 329 g/mol. The van der Waals surface area contributed by atoms with Crippen LogP contribution in [-0.2, 0) is 4.79 Å². The predicted octanol–water partition coefficient (Wildman–Crippen LogP) is 3.35. The standard InChI is InChI=1S/C20H31N3O/c1-14(2)15(3)23-19(24)18(13-22-6)20(4,5)17-10-8-7-9-16(11-17)12-21/h8-11,14-15,18,22H,7,13H2,1-6H3,(H,23,24). The van der Waals surface area contributed by atoms with E-state index in [-0.39, 0.29) is 23.3 Å². The quantitative estimate of drug-likeness (QED) is 0.753. The van der Waals surface area contributed by atoms with E-state index in [4.69, 9.17) is 0 Å². The molecule has 0 radical (unpaired) electrons. The Kier molecular flexibility index (Phi) is 7.44. The summed E-state index contributed by atoms with van der Waals surface area (Å²) in [6.45, 7) is 11.0. The minimum absolute atomic E-state index is 0.0524. The highest BCUT2D eigenvalue weighted by Gasteiger charge is 2.37. The van der Waals surface area contributed by atoms with E-state index in [0.717, 1.165) is 12.0 Å². The predicted molar refractivity (Wildman–Crippen MR) is 99.2 cm³/mol. The smallest absolute Gasteiger partial charge is 0.225 e. The molecule has 0 aromatic heterocycles. The van der Waals surface area contributed by atoms with Crippen molar-refractivity contribution in [1.82, 2.24) is 10.6 Å². The molecule has 1 aliphatic rings. The topological polar surface area (TPSA) is 64.9 Å². The molecular weight excluding hydrogens is 298 g/mol. The van der Waals surface area contributed by atoms with Crippen molar-refractivity contribution in [3.05, 3.63) is 35.5 Å². The van der Waals surface area contributed by atoms with Gasteiger partial charge in [-0.1, -0.05) is 45.9 Å². The summed E-state index contributed by atoms with van der Waals surface area (Å²) in [7, 11) is 1.86. The van der Waals surface area contributed by atoms with E-state index in [2.05, 4.69) is 44.4 Å². The summed E-state index contributed by atoms with van der Waals surface area (Å²) in [5.74, 6) is 0.214. The maximum atomic E-state index is 12.9. The normalized spacial score (nSPS) is 17.4. The first-order valence-electron chi connectivity index (χ1n) is 8.68. The van der Waals surface area contributed by atoms with E-state index < -0.39 is 0 Å². The molecule has 2 N–H and O–H groups in total. The molecule has 0 spiro atoms. The average molecular weight is 329 g/mol. The Morgan fingerprint density at radius 3 is 2.58 bits per heavy atom. The highest BCUT2D eigenvalue weighted by atomic mass is 16.2. The summed E-state index contributed by atoms with van der Waals surface area (Å²) in [5.41, 5.74) is 1.28. The lowest BCUT2D eigenvalue weighted by Gasteiger charge is -2.36. The Labute approximate surface area is 146 Å². The molecule has 0 saturated heterocycles. The molecule has 0 saturated carbocycles. The fraction of sp³-hybridized carbons (Fsp3) is 0.600. The second-order valence-electron chi connectivity index (χ2n) is 7.38. The van der Waals surface area contributed by atoms with E-state index in [1.807, 2.05) is 38.3 Å². The van der Waals surface area contributed by atoms with E-state index in [1.165, 1.54) is 0 Å². The van der Waals surface area contributed by atoms with Crippen molar-refractivity contribution in [1.29, 1.82) is 5.26 Å². The first kappa shape index (κ1) is 20.2. The molecule has 0 aliphatic heterocycles. The Hall–Kier alpha value is -1.86. The van der Waals surface area contributed by atoms with Crippen LogP contribution in [0.3, 0.4) is 0 Å². The van der Waals surface area contributed by atoms with Crippen molar-refractivity contribution in [2.24, 2.45) is 17.3 Å². The van der Waals surface area contributed by atoms with Gasteiger partial charge in [-0.15, -0.1) is 0 Å². The Bertz CT molecular complexity index is 576. The number of nitrogens with one attached hydrogen (secondary N) is 2. The zero-order valence-electron chi connectivity index (χ0n) is 15.8. The Balaban J connectivity index is 3.13. The molecule has 2 atom stereocenters. The lowest BCUT2D eigenvalue weighted by Crippen LogP contribution is -2.48. The van der Waals surface area contributed by atoms with Gasteiger partial charge in [0.25, 0.3) is 0 Å². The zero-order chi connectivity index (χ0) is 18.3. The van der Waals surface area contributed by atoms with E-state index in [1.54, 1.807) is 0 Å². The first-order chi connectivity index (χ1) is 11.2. The lowest BCUT2D eigenvalue weighted by atomic mass is 9.71. The summed E-state index contributed by atoms with van der Waals surface area (Å²) in [6, 6.07) is 2.35. The third kappa shape index (κ3) is 5.07. The SMILES string of the molecule is CNCC(C(=O)NC(C)C(C)C)C(C)(C)C1=CC(C#N)=CCC=C1. The first-order valence-corrected chi connectivity index (χ1v) is 8.68. The van der Waals surface area contributed by atoms with Crippen LogP contribution < -0.4 is 10.6 Å². The summed E-state index contributed by atoms with van der Waals surface area (Å²) in [6.07, 6.45) is 8.65. The summed E-state index contributed by atoms with van der Waals surface area (Å²) in [5, 5.41) is 15.5. The van der Waals surface area contributed by atoms with E-state index in [0.29, 0.717) is 18.0 Å². The number of hydrogen-bond donors (Lipinski definition) is 2. The van der Waals surface area contributed by atoms with Crippen LogP contribution >= 0.6 is 0 Å². The molecule has 4 nitrogen and oxygen atoms in total. The van der Waals surface area contributed by atoms with Crippen LogP contribution in [0.4, 0.5) is 0 Å². The largest absolute Gasteiger partial charge is 0.353 e. The van der Waals surface area contributed by atoms with Gasteiger partial charge in [0.2, 0.25) is 5.91 Å². The van der Waals surface area contributed by atoms with Crippen LogP contribution in [0.1, 0.15) is 41.0 Å². The molecule has 0 heterocycles. The Morgan fingerprint density at radius 1 is 1.38 bits per heavy atom. The summed E-state index contributed by atoms with van der Waals surface area (Å²) in [4.78, 5) is 12.9. The number of hydrogen-bond acceptors (Lipinski definition) is 3. The molecule has 1 amide bonds. The molecule has 0 fully saturated rings. The third-order valence-electron chi connectivity index (χ3n) is 4.92. The highest BCUT2D eigenvalue weighted by Crippen LogP contribution is 2.37. The summed E-state index contributed by atoms with van der Waals surface area (Å²) >= 11 is 0. The molecule has 0 aromatic carbocycles. The maximum Gasteiger partial charge on any atom is 0.225 e. The number of allylic oxidation sites excluding steroid dienone is 6. The zero-order valence-corrected chi connectivity index (χ0v) is 15.8. The van der Waals surface area contributed by atoms with Crippen molar-refractivity contribution in [2.75, 3.05) is 13.6 Å². The molecule has 0 bridgehead atoms. The van der Waals surface area contributed by atoms with Gasteiger partial charge in [-0.3, -0.25) is 4.79 Å². The van der Waals surface area contributed by atoms with Crippen LogP contribution in [0.15, 0.2) is 35.5 Å². The second-order valence-corrected chi connectivity index (χ2v) is 7.38. The molecule has 1 rings (SSSR count). The molecule has 0 aromatic rings. The lowest BCUT2D eigenvalue weighted by molar-refractivity contribution is -0.128. The van der Waals surface area contributed by atoms with Gasteiger partial charge in [-0.25, -0.2) is 0 Å². The Morgan fingerprint density at radius 2 is 2.04 bits per heavy atom. The van der Waals surface area contributed by atoms with Gasteiger partial charge in [0.1, 0.15) is 0 Å². The second kappa shape index (κ2) is 8.84. The van der Waals surface area contributed by atoms with Crippen LogP contribution in [0.25, 0.3) is 0 Å². The van der Waals surface area contributed by atoms with E-state index in [9.17, 15) is 10.1 Å². The van der Waals surface area contributed by atoms with Crippen molar-refractivity contribution < 1.29 is 4.79 Å². The summed E-state index contributed by atoms with van der Waals surface area (Å²) < 4.78 is 0. The molecule has 132 valence electrons. The van der Waals surface area contributed by atoms with Crippen LogP contribution in [0.2, 0.25) is 0 Å². The number of rotatable bonds is 7. The van der Waals surface area contributed by atoms with Gasteiger partial charge in [-0.05, 0) is 38.0 Å². The number of carbonyl (C=O) groups excluding carboxylic acids is 1. The fourth-order valence-corrected chi connectivity index (χ4v) is 2.72. The van der Waals surface area contributed by atoms with Crippen molar-refractivity contribution in [2.45, 2.75) is 47.1 Å². The van der Waals surface area contributed by atoms with Crippen molar-refractivity contribution >= 4 is 5.91 Å². The van der Waals surface area contributed by atoms with Gasteiger partial charge >= 0.3 is 0 Å². The maximum absolute atomic E-state index is 12.9. The molecular formula is C20H31N3O. The minimum Gasteiger partial charge on any atom is -0.353 e. The molecule has 2 unspecified atom stereocenters. The van der Waals surface area contributed by atoms with Crippen LogP contribution in [0, 0.1) is 28.6 Å². The van der Waals surface area contributed by atoms with Crippen molar-refractivity contribution in [3.8, 4) is 6.07 Å². The minimum atomic E-state index is -0.388. The number of carbonyl (C=O) groups is 1. The van der Waals surface area contributed by atoms with Gasteiger partial charge < -0.3 is 10.6 Å². The number of amides is 1. The third-order valence-corrected chi connectivity index (χ3v) is 4.92.